The van der Waals surface area contributed by atoms with Gasteiger partial charge in [0, 0.05) is 42.5 Å². The Kier molecular flexibility index (Phi) is 6.18. The number of imidazole rings is 1. The average molecular weight is 426 g/mol. The van der Waals surface area contributed by atoms with Crippen LogP contribution >= 0.6 is 11.6 Å². The lowest BCUT2D eigenvalue weighted by Crippen LogP contribution is -2.27. The van der Waals surface area contributed by atoms with Crippen molar-refractivity contribution in [1.29, 1.82) is 0 Å². The van der Waals surface area contributed by atoms with Crippen molar-refractivity contribution in [3.05, 3.63) is 88.2 Å². The van der Waals surface area contributed by atoms with Gasteiger partial charge in [-0.25, -0.2) is 9.37 Å². The Balaban J connectivity index is 1.34. The lowest BCUT2D eigenvalue weighted by molar-refractivity contribution is -0.131. The fourth-order valence-electron chi connectivity index (χ4n) is 4.06. The molecule has 30 heavy (non-hydrogen) atoms. The molecule has 0 unspecified atom stereocenters. The highest BCUT2D eigenvalue weighted by molar-refractivity contribution is 6.30. The van der Waals surface area contributed by atoms with Crippen LogP contribution in [0.15, 0.2) is 55.0 Å². The number of amides is 1. The number of benzene rings is 2. The van der Waals surface area contributed by atoms with Crippen molar-refractivity contribution in [3.63, 3.8) is 0 Å². The van der Waals surface area contributed by atoms with Crippen molar-refractivity contribution in [2.24, 2.45) is 5.92 Å². The van der Waals surface area contributed by atoms with Gasteiger partial charge in [0.05, 0.1) is 6.33 Å². The van der Waals surface area contributed by atoms with E-state index in [-0.39, 0.29) is 17.6 Å². The molecule has 1 fully saturated rings. The highest BCUT2D eigenvalue weighted by atomic mass is 35.5. The first-order valence-electron chi connectivity index (χ1n) is 10.3. The molecule has 0 bridgehead atoms. The van der Waals surface area contributed by atoms with Crippen molar-refractivity contribution >= 4 is 17.5 Å². The maximum atomic E-state index is 13.6. The molecule has 1 atom stereocenters. The third-order valence-corrected chi connectivity index (χ3v) is 5.94. The van der Waals surface area contributed by atoms with E-state index in [0.717, 1.165) is 37.1 Å². The number of carbonyl (C=O) groups is 1. The molecule has 0 saturated carbocycles. The van der Waals surface area contributed by atoms with E-state index >= 15 is 0 Å². The minimum Gasteiger partial charge on any atom is -0.338 e. The summed E-state index contributed by atoms with van der Waals surface area (Å²) in [6.07, 6.45) is 6.17. The Morgan fingerprint density at radius 3 is 2.70 bits per heavy atom. The maximum absolute atomic E-state index is 13.6. The SMILES string of the molecule is Cc1ccc(Cn2cncc2CC[C@H]2CCN(Cc3cc(F)cc(Cl)c3)C2=O)cc1. The first-order valence-corrected chi connectivity index (χ1v) is 10.6. The minimum absolute atomic E-state index is 0.00300. The van der Waals surface area contributed by atoms with E-state index in [1.807, 2.05) is 12.5 Å². The molecule has 1 aromatic heterocycles. The summed E-state index contributed by atoms with van der Waals surface area (Å²) in [5, 5.41) is 0.357. The maximum Gasteiger partial charge on any atom is 0.226 e. The molecule has 6 heteroatoms. The van der Waals surface area contributed by atoms with Crippen molar-refractivity contribution in [2.45, 2.75) is 39.3 Å². The van der Waals surface area contributed by atoms with Gasteiger partial charge in [0.15, 0.2) is 0 Å². The molecule has 1 aliphatic rings. The van der Waals surface area contributed by atoms with Crippen LogP contribution in [0.25, 0.3) is 0 Å². The van der Waals surface area contributed by atoms with Gasteiger partial charge >= 0.3 is 0 Å². The molecule has 0 N–H and O–H groups in total. The highest BCUT2D eigenvalue weighted by Crippen LogP contribution is 2.26. The van der Waals surface area contributed by atoms with Crippen molar-refractivity contribution < 1.29 is 9.18 Å². The third-order valence-electron chi connectivity index (χ3n) is 5.73. The molecule has 0 radical (unpaired) electrons. The smallest absolute Gasteiger partial charge is 0.226 e. The van der Waals surface area contributed by atoms with Gasteiger partial charge in [0.1, 0.15) is 5.82 Å². The summed E-state index contributed by atoms with van der Waals surface area (Å²) in [7, 11) is 0. The van der Waals surface area contributed by atoms with E-state index in [9.17, 15) is 9.18 Å². The summed E-state index contributed by atoms with van der Waals surface area (Å²) in [6, 6.07) is 12.9. The van der Waals surface area contributed by atoms with Crippen molar-refractivity contribution in [1.82, 2.24) is 14.5 Å². The predicted molar refractivity (Wildman–Crippen MR) is 116 cm³/mol. The number of carbonyl (C=O) groups excluding carboxylic acids is 1. The lowest BCUT2D eigenvalue weighted by atomic mass is 10.0. The van der Waals surface area contributed by atoms with Crippen LogP contribution in [0.4, 0.5) is 4.39 Å². The quantitative estimate of drug-likeness (QED) is 0.533. The first-order chi connectivity index (χ1) is 14.5. The summed E-state index contributed by atoms with van der Waals surface area (Å²) in [4.78, 5) is 18.9. The number of aromatic nitrogens is 2. The second-order valence-corrected chi connectivity index (χ2v) is 8.50. The monoisotopic (exact) mass is 425 g/mol. The number of halogens is 2. The Hall–Kier alpha value is -2.66. The van der Waals surface area contributed by atoms with Crippen LogP contribution in [0.2, 0.25) is 5.02 Å². The summed E-state index contributed by atoms with van der Waals surface area (Å²) in [5.41, 5.74) is 4.34. The van der Waals surface area contributed by atoms with Gasteiger partial charge < -0.3 is 9.47 Å². The molecule has 1 saturated heterocycles. The normalized spacial score (nSPS) is 16.4. The van der Waals surface area contributed by atoms with Gasteiger partial charge in [-0.1, -0.05) is 41.4 Å². The molecule has 2 heterocycles. The molecular formula is C24H25ClFN3O. The molecule has 0 spiro atoms. The first kappa shape index (κ1) is 20.6. The molecule has 4 nitrogen and oxygen atoms in total. The predicted octanol–water partition coefficient (Wildman–Crippen LogP) is 5.01. The van der Waals surface area contributed by atoms with E-state index in [0.29, 0.717) is 18.1 Å². The Morgan fingerprint density at radius 1 is 1.13 bits per heavy atom. The van der Waals surface area contributed by atoms with Gasteiger partial charge in [-0.15, -0.1) is 0 Å². The van der Waals surface area contributed by atoms with Crippen LogP contribution in [-0.2, 0) is 24.3 Å². The number of rotatable bonds is 7. The van der Waals surface area contributed by atoms with Crippen LogP contribution in [0.5, 0.6) is 0 Å². The number of aryl methyl sites for hydroxylation is 2. The summed E-state index contributed by atoms with van der Waals surface area (Å²) >= 11 is 5.94. The molecular weight excluding hydrogens is 401 g/mol. The van der Waals surface area contributed by atoms with Crippen LogP contribution in [-0.4, -0.2) is 26.9 Å². The van der Waals surface area contributed by atoms with Crippen LogP contribution in [0.3, 0.4) is 0 Å². The Bertz CT molecular complexity index is 1010. The zero-order valence-electron chi connectivity index (χ0n) is 17.0. The van der Waals surface area contributed by atoms with Gasteiger partial charge in [-0.05, 0) is 55.5 Å². The molecule has 156 valence electrons. The number of hydrogen-bond acceptors (Lipinski definition) is 2. The van der Waals surface area contributed by atoms with Gasteiger partial charge in [0.25, 0.3) is 0 Å². The number of nitrogens with zero attached hydrogens (tertiary/aromatic N) is 3. The summed E-state index contributed by atoms with van der Waals surface area (Å²) in [5.74, 6) is -0.237. The van der Waals surface area contributed by atoms with E-state index in [1.54, 1.807) is 11.0 Å². The fourth-order valence-corrected chi connectivity index (χ4v) is 4.31. The molecule has 4 rings (SSSR count). The van der Waals surface area contributed by atoms with E-state index in [4.69, 9.17) is 11.6 Å². The van der Waals surface area contributed by atoms with Gasteiger partial charge in [0.2, 0.25) is 5.91 Å². The Labute approximate surface area is 181 Å². The van der Waals surface area contributed by atoms with Gasteiger partial charge in [-0.2, -0.15) is 0 Å². The average Bonchev–Trinajstić information content (AvgIpc) is 3.28. The van der Waals surface area contributed by atoms with Crippen LogP contribution in [0, 0.1) is 18.7 Å². The lowest BCUT2D eigenvalue weighted by Gasteiger charge is -2.17. The molecule has 3 aromatic rings. The van der Waals surface area contributed by atoms with E-state index < -0.39 is 0 Å². The summed E-state index contributed by atoms with van der Waals surface area (Å²) < 4.78 is 15.7. The number of hydrogen-bond donors (Lipinski definition) is 0. The minimum atomic E-state index is -0.373. The standard InChI is InChI=1S/C24H25ClFN3O/c1-17-2-4-18(5-3-17)14-29-16-27-13-23(29)7-6-20-8-9-28(24(20)30)15-19-10-21(25)12-22(26)11-19/h2-5,10-13,16,20H,6-9,14-15H2,1H3/t20-/m0/s1. The zero-order valence-corrected chi connectivity index (χ0v) is 17.8. The third kappa shape index (κ3) is 4.90. The largest absolute Gasteiger partial charge is 0.338 e. The molecule has 0 aliphatic carbocycles. The molecule has 1 aliphatic heterocycles. The van der Waals surface area contributed by atoms with Gasteiger partial charge in [-0.3, -0.25) is 4.79 Å². The zero-order chi connectivity index (χ0) is 21.1. The molecule has 1 amide bonds. The van der Waals surface area contributed by atoms with E-state index in [1.165, 1.54) is 23.3 Å². The second-order valence-electron chi connectivity index (χ2n) is 8.06. The van der Waals surface area contributed by atoms with Crippen molar-refractivity contribution in [2.75, 3.05) is 6.54 Å². The van der Waals surface area contributed by atoms with Crippen LogP contribution < -0.4 is 0 Å². The van der Waals surface area contributed by atoms with Crippen molar-refractivity contribution in [3.8, 4) is 0 Å². The second kappa shape index (κ2) is 9.00. The topological polar surface area (TPSA) is 38.1 Å². The van der Waals surface area contributed by atoms with E-state index in [2.05, 4.69) is 40.7 Å². The number of likely N-dealkylation sites (tertiary alicyclic amines) is 1. The Morgan fingerprint density at radius 2 is 1.93 bits per heavy atom. The highest BCUT2D eigenvalue weighted by Gasteiger charge is 2.31. The fraction of sp³-hybridized carbons (Fsp3) is 0.333. The summed E-state index contributed by atoms with van der Waals surface area (Å²) in [6.45, 7) is 3.95. The van der Waals surface area contributed by atoms with Crippen LogP contribution in [0.1, 0.15) is 35.2 Å². The molecule has 2 aromatic carbocycles.